The molecule has 1 aromatic carbocycles. The summed E-state index contributed by atoms with van der Waals surface area (Å²) in [4.78, 5) is 9.56. The predicted octanol–water partition coefficient (Wildman–Crippen LogP) is 8.49. The zero-order chi connectivity index (χ0) is 26.5. The fourth-order valence-electron chi connectivity index (χ4n) is 1.87. The minimum Gasteiger partial charge on any atom is -0.673 e. The van der Waals surface area contributed by atoms with Gasteiger partial charge in [-0.05, 0) is 0 Å². The van der Waals surface area contributed by atoms with E-state index in [1.165, 1.54) is 24.3 Å². The first-order valence-electron chi connectivity index (χ1n) is 11.3. The summed E-state index contributed by atoms with van der Waals surface area (Å²) in [5, 5.41) is 19.3. The Morgan fingerprint density at radius 3 is 1.45 bits per heavy atom. The van der Waals surface area contributed by atoms with Crippen LogP contribution >= 0.6 is 0 Å². The van der Waals surface area contributed by atoms with Crippen molar-refractivity contribution in [2.75, 3.05) is 0 Å². The first-order valence-corrected chi connectivity index (χ1v) is 13.1. The smallest absolute Gasteiger partial charge is 0.166 e. The first-order chi connectivity index (χ1) is 14.7. The van der Waals surface area contributed by atoms with Crippen LogP contribution in [0.15, 0.2) is 31.3 Å². The van der Waals surface area contributed by atoms with E-state index in [0.29, 0.717) is 0 Å². The van der Waals surface area contributed by atoms with Gasteiger partial charge in [-0.25, -0.2) is 6.17 Å². The number of non-ortho nitro benzene ring substituents is 1. The van der Waals surface area contributed by atoms with Crippen molar-refractivity contribution in [3.8, 4) is 0 Å². The molecular weight excluding hydrogens is 498 g/mol. The minimum atomic E-state index is -0.473. The van der Waals surface area contributed by atoms with E-state index in [-0.39, 0.29) is 34.0 Å². The third-order valence-corrected chi connectivity index (χ3v) is 6.07. The molecule has 1 rings (SSSR count). The van der Waals surface area contributed by atoms with E-state index in [0.717, 1.165) is 6.42 Å². The summed E-state index contributed by atoms with van der Waals surface area (Å²) in [7, 11) is 0. The van der Waals surface area contributed by atoms with Gasteiger partial charge >= 0.3 is 77.8 Å². The Kier molecular flexibility index (Phi) is 15.4. The molecule has 0 saturated heterocycles. The van der Waals surface area contributed by atoms with Gasteiger partial charge < -0.3 is 10.6 Å². The van der Waals surface area contributed by atoms with Crippen molar-refractivity contribution in [1.29, 1.82) is 0 Å². The number of nitro benzene ring substituents is 1. The average molecular weight is 545 g/mol. The maximum absolute atomic E-state index is 9.99. The van der Waals surface area contributed by atoms with Crippen LogP contribution in [0.3, 0.4) is 0 Å². The van der Waals surface area contributed by atoms with Gasteiger partial charge in [0.05, 0.1) is 0 Å². The van der Waals surface area contributed by atoms with Gasteiger partial charge in [-0.15, -0.1) is 11.1 Å². The van der Waals surface area contributed by atoms with Crippen LogP contribution in [0.1, 0.15) is 96.4 Å². The topological polar surface area (TPSA) is 96.1 Å². The van der Waals surface area contributed by atoms with E-state index in [1.54, 1.807) is 0 Å². The SMILES string of the molecule is CC(C)(C)[N]=[Mo]=[N]C(C)(C)C.CCC([N-]C(C)(C)C)[N-]C(C)(C)C.O=[N+]([O-])c1cc[c-]cc1. The van der Waals surface area contributed by atoms with Crippen molar-refractivity contribution >= 4 is 5.69 Å². The Morgan fingerprint density at radius 1 is 0.879 bits per heavy atom. The number of benzene rings is 1. The Labute approximate surface area is 211 Å². The molecule has 192 valence electrons. The number of hydrogen-bond acceptors (Lipinski definition) is 4. The Balaban J connectivity index is 0. The van der Waals surface area contributed by atoms with Gasteiger partial charge in [0.2, 0.25) is 0 Å². The molecule has 0 N–H and O–H groups in total. The second-order valence-corrected chi connectivity index (χ2v) is 12.9. The van der Waals surface area contributed by atoms with Crippen LogP contribution in [0.25, 0.3) is 10.6 Å². The number of nitrogens with zero attached hydrogens (tertiary/aromatic N) is 5. The second-order valence-electron chi connectivity index (χ2n) is 11.6. The molecule has 0 heterocycles. The zero-order valence-corrected chi connectivity index (χ0v) is 25.1. The summed E-state index contributed by atoms with van der Waals surface area (Å²) in [5.74, 6) is 0. The van der Waals surface area contributed by atoms with Crippen LogP contribution < -0.4 is 0 Å². The van der Waals surface area contributed by atoms with Gasteiger partial charge in [-0.1, -0.05) is 67.0 Å². The van der Waals surface area contributed by atoms with Gasteiger partial charge in [0, 0.05) is 4.92 Å². The molecule has 0 saturated carbocycles. The van der Waals surface area contributed by atoms with Gasteiger partial charge in [-0.2, -0.15) is 18.2 Å². The molecule has 0 spiro atoms. The largest absolute Gasteiger partial charge is 0.673 e. The van der Waals surface area contributed by atoms with Gasteiger partial charge in [-0.3, -0.25) is 10.1 Å². The van der Waals surface area contributed by atoms with E-state index in [4.69, 9.17) is 0 Å². The molecule has 0 bridgehead atoms. The third kappa shape index (κ3) is 27.0. The van der Waals surface area contributed by atoms with Crippen molar-refractivity contribution in [2.45, 2.75) is 125 Å². The molecule has 0 aliphatic carbocycles. The van der Waals surface area contributed by atoms with Crippen LogP contribution in [0, 0.1) is 16.2 Å². The van der Waals surface area contributed by atoms with Crippen molar-refractivity contribution in [2.24, 2.45) is 6.99 Å². The third-order valence-electron chi connectivity index (χ3n) is 2.98. The van der Waals surface area contributed by atoms with Crippen LogP contribution in [0.5, 0.6) is 0 Å². The molecular formula is C25H46MoN5O2-3. The maximum atomic E-state index is 9.99. The normalized spacial score (nSPS) is 12.1. The molecule has 1 aromatic rings. The minimum absolute atomic E-state index is 0.0232. The fraction of sp³-hybridized carbons (Fsp3) is 0.760. The van der Waals surface area contributed by atoms with Gasteiger partial charge in [0.15, 0.2) is 5.69 Å². The Hall–Kier alpha value is -1.17. The monoisotopic (exact) mass is 546 g/mol. The molecule has 0 fully saturated rings. The molecule has 8 heteroatoms. The zero-order valence-electron chi connectivity index (χ0n) is 23.1. The predicted molar refractivity (Wildman–Crippen MR) is 137 cm³/mol. The molecule has 0 aromatic heterocycles. The quantitative estimate of drug-likeness (QED) is 0.164. The van der Waals surface area contributed by atoms with Crippen molar-refractivity contribution in [1.82, 2.24) is 0 Å². The van der Waals surface area contributed by atoms with E-state index in [9.17, 15) is 10.1 Å². The number of hydrogen-bond donors (Lipinski definition) is 0. The summed E-state index contributed by atoms with van der Waals surface area (Å²) in [5.41, 5.74) is 0.368. The maximum Gasteiger partial charge on any atom is 0.166 e. The Bertz CT molecular complexity index is 699. The number of rotatable bonds is 4. The number of nitro groups is 1. The Morgan fingerprint density at radius 2 is 1.24 bits per heavy atom. The summed E-state index contributed by atoms with van der Waals surface area (Å²) < 4.78 is 9.01. The summed E-state index contributed by atoms with van der Waals surface area (Å²) >= 11 is -0.473. The van der Waals surface area contributed by atoms with E-state index in [2.05, 4.69) is 114 Å². The van der Waals surface area contributed by atoms with Crippen LogP contribution in [0.2, 0.25) is 0 Å². The fourth-order valence-corrected chi connectivity index (χ4v) is 3.18. The van der Waals surface area contributed by atoms with E-state index in [1.807, 2.05) is 0 Å². The van der Waals surface area contributed by atoms with Crippen molar-refractivity contribution in [3.63, 3.8) is 0 Å². The molecule has 0 amide bonds. The van der Waals surface area contributed by atoms with Crippen molar-refractivity contribution in [3.05, 3.63) is 51.1 Å². The van der Waals surface area contributed by atoms with E-state index < -0.39 is 23.1 Å². The molecule has 33 heavy (non-hydrogen) atoms. The molecule has 0 unspecified atom stereocenters. The van der Waals surface area contributed by atoms with Gasteiger partial charge in [0.1, 0.15) is 0 Å². The molecule has 0 aliphatic rings. The molecule has 0 radical (unpaired) electrons. The van der Waals surface area contributed by atoms with Crippen molar-refractivity contribution < 1.29 is 23.1 Å². The average Bonchev–Trinajstić information content (AvgIpc) is 2.58. The van der Waals surface area contributed by atoms with Crippen LogP contribution in [-0.4, -0.2) is 33.2 Å². The summed E-state index contributed by atoms with van der Waals surface area (Å²) in [6, 6.07) is 8.51. The standard InChI is InChI=1S/C11H24N2.C6H4NO2.2C4H9N.Mo/c1-8-9(12-10(2,3)4)13-11(5,6)7;8-7(9)6-4-2-1-3-5-6;2*1-4(2,3)5;/h9H,8H2,1-7H3;2-5H;2*1-3H3;/q-2;-1;;;. The molecule has 0 aliphatic heterocycles. The second kappa shape index (κ2) is 15.0. The van der Waals surface area contributed by atoms with Crippen LogP contribution in [-0.2, 0) is 18.2 Å². The molecule has 0 atom stereocenters. The van der Waals surface area contributed by atoms with Gasteiger partial charge in [0.25, 0.3) is 0 Å². The first kappa shape index (κ1) is 34.0. The molecule has 7 nitrogen and oxygen atoms in total. The van der Waals surface area contributed by atoms with Crippen LogP contribution in [0.4, 0.5) is 5.69 Å². The van der Waals surface area contributed by atoms with E-state index >= 15 is 0 Å². The summed E-state index contributed by atoms with van der Waals surface area (Å²) in [6.45, 7) is 27.6. The summed E-state index contributed by atoms with van der Waals surface area (Å²) in [6.07, 6.45) is 1.15.